The van der Waals surface area contributed by atoms with Crippen LogP contribution in [0.25, 0.3) is 0 Å². The number of Topliss-reactive ketones (excluding diaryl/α,β-unsaturated/α-hetero) is 1. The second kappa shape index (κ2) is 4.52. The highest BCUT2D eigenvalue weighted by Gasteiger charge is 2.45. The van der Waals surface area contributed by atoms with Gasteiger partial charge in [-0.15, -0.1) is 0 Å². The number of carbonyl (C=O) groups excluding carboxylic acids is 1. The second-order valence-electron chi connectivity index (χ2n) is 4.67. The molecule has 1 aliphatic heterocycles. The van der Waals surface area contributed by atoms with Crippen LogP contribution in [0.3, 0.4) is 0 Å². The number of rotatable bonds is 2. The van der Waals surface area contributed by atoms with Crippen LogP contribution in [0.5, 0.6) is 0 Å². The van der Waals surface area contributed by atoms with Gasteiger partial charge in [-0.1, -0.05) is 0 Å². The van der Waals surface area contributed by atoms with Crippen molar-refractivity contribution in [3.63, 3.8) is 0 Å². The molecular weight excluding hydrogens is 264 g/mol. The Morgan fingerprint density at radius 2 is 2.20 bits per heavy atom. The maximum Gasteiger partial charge on any atom is 0.320 e. The van der Waals surface area contributed by atoms with Gasteiger partial charge in [0.25, 0.3) is 5.88 Å². The zero-order chi connectivity index (χ0) is 14.3. The molecule has 0 fully saturated rings. The number of hydrogen-bond donors (Lipinski definition) is 1. The van der Waals surface area contributed by atoms with Crippen LogP contribution in [0, 0.1) is 10.1 Å². The molecule has 1 aromatic heterocycles. The highest BCUT2D eigenvalue weighted by atomic mass is 16.6. The maximum absolute atomic E-state index is 12.1. The molecule has 0 saturated carbocycles. The normalized spacial score (nSPS) is 22.6. The quantitative estimate of drug-likeness (QED) is 0.651. The van der Waals surface area contributed by atoms with Gasteiger partial charge in [-0.05, 0) is 18.6 Å². The van der Waals surface area contributed by atoms with E-state index in [1.807, 2.05) is 0 Å². The summed E-state index contributed by atoms with van der Waals surface area (Å²) < 4.78 is 10.6. The summed E-state index contributed by atoms with van der Waals surface area (Å²) in [4.78, 5) is 22.8. The molecule has 0 aromatic carbocycles. The van der Waals surface area contributed by atoms with Crippen molar-refractivity contribution in [1.82, 2.24) is 0 Å². The maximum atomic E-state index is 12.1. The summed E-state index contributed by atoms with van der Waals surface area (Å²) in [7, 11) is 0. The van der Waals surface area contributed by atoms with E-state index in [4.69, 9.17) is 14.9 Å². The van der Waals surface area contributed by atoms with Crippen molar-refractivity contribution in [3.8, 4) is 0 Å². The average molecular weight is 276 g/mol. The lowest BCUT2D eigenvalue weighted by atomic mass is 9.82. The molecule has 0 radical (unpaired) electrons. The van der Waals surface area contributed by atoms with Gasteiger partial charge in [-0.25, -0.2) is 0 Å². The molecule has 1 aliphatic carbocycles. The summed E-state index contributed by atoms with van der Waals surface area (Å²) >= 11 is 0. The number of allylic oxidation sites excluding steroid dienone is 2. The molecule has 0 saturated heterocycles. The smallest absolute Gasteiger partial charge is 0.320 e. The number of carbonyl (C=O) groups is 1. The summed E-state index contributed by atoms with van der Waals surface area (Å²) in [5.74, 6) is -0.572. The van der Waals surface area contributed by atoms with E-state index in [1.165, 1.54) is 6.26 Å². The summed E-state index contributed by atoms with van der Waals surface area (Å²) in [5.41, 5.74) is 5.62. The topological polar surface area (TPSA) is 109 Å². The van der Waals surface area contributed by atoms with Crippen LogP contribution in [0.2, 0.25) is 0 Å². The van der Waals surface area contributed by atoms with Gasteiger partial charge in [0.1, 0.15) is 17.4 Å². The molecular formula is C13H12N2O5. The number of nitro groups is 1. The van der Waals surface area contributed by atoms with Crippen molar-refractivity contribution < 1.29 is 18.9 Å². The Morgan fingerprint density at radius 3 is 2.85 bits per heavy atom. The lowest BCUT2D eigenvalue weighted by Crippen LogP contribution is -2.30. The zero-order valence-electron chi connectivity index (χ0n) is 10.5. The molecule has 2 N–H and O–H groups in total. The Bertz CT molecular complexity index is 642. The Hall–Kier alpha value is -2.57. The van der Waals surface area contributed by atoms with Gasteiger partial charge in [0.2, 0.25) is 0 Å². The predicted molar refractivity (Wildman–Crippen MR) is 66.6 cm³/mol. The molecule has 0 bridgehead atoms. The monoisotopic (exact) mass is 276 g/mol. The largest absolute Gasteiger partial charge is 0.468 e. The number of furan rings is 1. The average Bonchev–Trinajstić information content (AvgIpc) is 2.90. The summed E-state index contributed by atoms with van der Waals surface area (Å²) in [5, 5.41) is 11.3. The van der Waals surface area contributed by atoms with Crippen LogP contribution in [-0.4, -0.2) is 10.7 Å². The second-order valence-corrected chi connectivity index (χ2v) is 4.67. The number of ketones is 1. The first-order chi connectivity index (χ1) is 9.59. The standard InChI is InChI=1S/C13H12N2O5/c14-13-12(15(17)18)11(8-5-2-6-19-8)10-7(16)3-1-4-9(10)20-13/h2,5-6,11H,1,3-4,14H2/t11-/m1/s1. The van der Waals surface area contributed by atoms with Gasteiger partial charge in [0, 0.05) is 12.8 Å². The first-order valence-electron chi connectivity index (χ1n) is 6.21. The first kappa shape index (κ1) is 12.5. The molecule has 7 heteroatoms. The van der Waals surface area contributed by atoms with E-state index >= 15 is 0 Å². The van der Waals surface area contributed by atoms with Crippen LogP contribution >= 0.6 is 0 Å². The van der Waals surface area contributed by atoms with Crippen molar-refractivity contribution >= 4 is 5.78 Å². The van der Waals surface area contributed by atoms with Gasteiger partial charge in [-0.3, -0.25) is 14.9 Å². The fourth-order valence-electron chi connectivity index (χ4n) is 2.65. The van der Waals surface area contributed by atoms with Crippen LogP contribution < -0.4 is 5.73 Å². The van der Waals surface area contributed by atoms with Crippen molar-refractivity contribution in [3.05, 3.63) is 57.2 Å². The van der Waals surface area contributed by atoms with Crippen molar-refractivity contribution in [2.75, 3.05) is 0 Å². The van der Waals surface area contributed by atoms with Crippen LogP contribution in [0.4, 0.5) is 0 Å². The van der Waals surface area contributed by atoms with Crippen molar-refractivity contribution in [1.29, 1.82) is 0 Å². The Kier molecular flexibility index (Phi) is 2.81. The van der Waals surface area contributed by atoms with Crippen LogP contribution in [-0.2, 0) is 9.53 Å². The van der Waals surface area contributed by atoms with E-state index in [1.54, 1.807) is 12.1 Å². The van der Waals surface area contributed by atoms with E-state index in [2.05, 4.69) is 0 Å². The van der Waals surface area contributed by atoms with Gasteiger partial charge >= 0.3 is 5.70 Å². The number of ether oxygens (including phenoxy) is 1. The van der Waals surface area contributed by atoms with Gasteiger partial charge in [0.05, 0.1) is 16.8 Å². The van der Waals surface area contributed by atoms with Crippen LogP contribution in [0.1, 0.15) is 30.9 Å². The third-order valence-corrected chi connectivity index (χ3v) is 3.48. The van der Waals surface area contributed by atoms with E-state index in [0.29, 0.717) is 36.4 Å². The summed E-state index contributed by atoms with van der Waals surface area (Å²) in [6.45, 7) is 0. The number of nitrogens with two attached hydrogens (primary N) is 1. The molecule has 0 spiro atoms. The van der Waals surface area contributed by atoms with E-state index in [9.17, 15) is 14.9 Å². The van der Waals surface area contributed by atoms with Crippen molar-refractivity contribution in [2.45, 2.75) is 25.2 Å². The molecule has 104 valence electrons. The molecule has 20 heavy (non-hydrogen) atoms. The molecule has 0 amide bonds. The Morgan fingerprint density at radius 1 is 1.40 bits per heavy atom. The lowest BCUT2D eigenvalue weighted by Gasteiger charge is -2.27. The van der Waals surface area contributed by atoms with E-state index in [-0.39, 0.29) is 17.4 Å². The van der Waals surface area contributed by atoms with E-state index < -0.39 is 10.8 Å². The van der Waals surface area contributed by atoms with Crippen LogP contribution in [0.15, 0.2) is 45.7 Å². The number of nitrogens with zero attached hydrogens (tertiary/aromatic N) is 1. The SMILES string of the molecule is NC1=C([N+](=O)[O-])[C@H](c2ccco2)C2=C(CCCC2=O)O1. The first-order valence-corrected chi connectivity index (χ1v) is 6.21. The van der Waals surface area contributed by atoms with Gasteiger partial charge < -0.3 is 14.9 Å². The lowest BCUT2D eigenvalue weighted by molar-refractivity contribution is -0.433. The molecule has 3 rings (SSSR count). The molecule has 2 aliphatic rings. The molecule has 1 atom stereocenters. The number of hydrogen-bond acceptors (Lipinski definition) is 6. The molecule has 1 aromatic rings. The van der Waals surface area contributed by atoms with Crippen molar-refractivity contribution in [2.24, 2.45) is 5.73 Å². The Balaban J connectivity index is 2.19. The highest BCUT2D eigenvalue weighted by Crippen LogP contribution is 2.43. The minimum absolute atomic E-state index is 0.153. The minimum Gasteiger partial charge on any atom is -0.468 e. The predicted octanol–water partition coefficient (Wildman–Crippen LogP) is 1.80. The molecule has 2 heterocycles. The molecule has 7 nitrogen and oxygen atoms in total. The fraction of sp³-hybridized carbons (Fsp3) is 0.308. The minimum atomic E-state index is -0.892. The fourth-order valence-corrected chi connectivity index (χ4v) is 2.65. The summed E-state index contributed by atoms with van der Waals surface area (Å²) in [6.07, 6.45) is 2.96. The highest BCUT2D eigenvalue weighted by molar-refractivity contribution is 5.98. The third kappa shape index (κ3) is 1.78. The van der Waals surface area contributed by atoms with Gasteiger partial charge in [0.15, 0.2) is 5.78 Å². The summed E-state index contributed by atoms with van der Waals surface area (Å²) in [6, 6.07) is 3.21. The van der Waals surface area contributed by atoms with E-state index in [0.717, 1.165) is 0 Å². The molecule has 0 unspecified atom stereocenters. The van der Waals surface area contributed by atoms with Gasteiger partial charge in [-0.2, -0.15) is 0 Å². The Labute approximate surface area is 113 Å². The third-order valence-electron chi connectivity index (χ3n) is 3.48. The zero-order valence-corrected chi connectivity index (χ0v) is 10.5.